The van der Waals surface area contributed by atoms with Crippen molar-refractivity contribution in [2.75, 3.05) is 18.4 Å². The molecule has 0 bridgehead atoms. The Bertz CT molecular complexity index is 390. The lowest BCUT2D eigenvalue weighted by Gasteiger charge is -2.03. The number of pyridine rings is 1. The number of aromatic nitrogens is 1. The molecule has 3 N–H and O–H groups in total. The highest BCUT2D eigenvalue weighted by Crippen LogP contribution is 2.08. The van der Waals surface area contributed by atoms with E-state index in [0.29, 0.717) is 24.5 Å². The minimum Gasteiger partial charge on any atom is -0.367 e. The van der Waals surface area contributed by atoms with Gasteiger partial charge in [0.2, 0.25) is 0 Å². The molecule has 1 aromatic heterocycles. The molecule has 4 heteroatoms. The van der Waals surface area contributed by atoms with Crippen LogP contribution in [-0.2, 0) is 0 Å². The second-order valence-corrected chi connectivity index (χ2v) is 3.08. The molecule has 0 radical (unpaired) electrons. The van der Waals surface area contributed by atoms with E-state index < -0.39 is 0 Å². The Kier molecular flexibility index (Phi) is 4.32. The maximum atomic E-state index is 8.76. The average molecular weight is 202 g/mol. The van der Waals surface area contributed by atoms with Gasteiger partial charge < -0.3 is 11.1 Å². The lowest BCUT2D eigenvalue weighted by molar-refractivity contribution is 1.15. The van der Waals surface area contributed by atoms with Gasteiger partial charge in [-0.3, -0.25) is 0 Å². The number of nitriles is 1. The molecule has 0 aliphatic carbocycles. The minimum atomic E-state index is 0.534. The maximum absolute atomic E-state index is 8.76. The first-order chi connectivity index (χ1) is 7.26. The molecular formula is C11H14N4. The summed E-state index contributed by atoms with van der Waals surface area (Å²) in [5.74, 6) is 0.716. The normalized spacial score (nSPS) is 10.2. The third-order valence-electron chi connectivity index (χ3n) is 1.79. The fourth-order valence-electron chi connectivity index (χ4n) is 1.17. The van der Waals surface area contributed by atoms with Crippen molar-refractivity contribution in [2.24, 2.45) is 5.73 Å². The maximum Gasteiger partial charge on any atom is 0.127 e. The molecule has 4 nitrogen and oxygen atoms in total. The Morgan fingerprint density at radius 3 is 3.00 bits per heavy atom. The Morgan fingerprint density at radius 1 is 1.53 bits per heavy atom. The van der Waals surface area contributed by atoms with Crippen LogP contribution in [0.2, 0.25) is 0 Å². The van der Waals surface area contributed by atoms with Crippen LogP contribution >= 0.6 is 0 Å². The molecule has 0 unspecified atom stereocenters. The van der Waals surface area contributed by atoms with E-state index in [9.17, 15) is 0 Å². The van der Waals surface area contributed by atoms with E-state index in [2.05, 4.69) is 16.4 Å². The average Bonchev–Trinajstić information content (AvgIpc) is 2.23. The first-order valence-corrected chi connectivity index (χ1v) is 4.74. The van der Waals surface area contributed by atoms with Gasteiger partial charge in [0, 0.05) is 18.8 Å². The number of nitrogens with one attached hydrogen (secondary N) is 1. The molecule has 0 saturated carbocycles. The molecule has 0 spiro atoms. The lowest BCUT2D eigenvalue weighted by Crippen LogP contribution is -2.03. The van der Waals surface area contributed by atoms with E-state index in [-0.39, 0.29) is 0 Å². The summed E-state index contributed by atoms with van der Waals surface area (Å²) >= 11 is 0. The van der Waals surface area contributed by atoms with Crippen molar-refractivity contribution in [2.45, 2.75) is 6.92 Å². The molecule has 1 rings (SSSR count). The van der Waals surface area contributed by atoms with E-state index >= 15 is 0 Å². The molecule has 0 amide bonds. The zero-order valence-corrected chi connectivity index (χ0v) is 8.70. The van der Waals surface area contributed by atoms with Gasteiger partial charge in [0.15, 0.2) is 0 Å². The van der Waals surface area contributed by atoms with Crippen molar-refractivity contribution in [3.8, 4) is 6.07 Å². The van der Waals surface area contributed by atoms with Gasteiger partial charge in [-0.25, -0.2) is 4.98 Å². The van der Waals surface area contributed by atoms with Gasteiger partial charge >= 0.3 is 0 Å². The van der Waals surface area contributed by atoms with Crippen molar-refractivity contribution in [1.29, 1.82) is 5.26 Å². The summed E-state index contributed by atoms with van der Waals surface area (Å²) in [5, 5.41) is 11.9. The summed E-state index contributed by atoms with van der Waals surface area (Å²) in [6.45, 7) is 3.06. The van der Waals surface area contributed by atoms with Crippen LogP contribution in [0.5, 0.6) is 0 Å². The SMILES string of the molecule is Cc1cc(C#N)cc(NC/C=C/CN)n1. The lowest BCUT2D eigenvalue weighted by atomic mass is 10.2. The fraction of sp³-hybridized carbons (Fsp3) is 0.273. The molecule has 78 valence electrons. The molecule has 1 heterocycles. The molecule has 0 saturated heterocycles. The topological polar surface area (TPSA) is 74.7 Å². The fourth-order valence-corrected chi connectivity index (χ4v) is 1.17. The van der Waals surface area contributed by atoms with Crippen molar-refractivity contribution < 1.29 is 0 Å². The van der Waals surface area contributed by atoms with Gasteiger partial charge in [0.1, 0.15) is 5.82 Å². The third kappa shape index (κ3) is 3.79. The number of nitrogens with zero attached hydrogens (tertiary/aromatic N) is 2. The second-order valence-electron chi connectivity index (χ2n) is 3.08. The predicted octanol–water partition coefficient (Wildman–Crippen LogP) is 1.19. The Morgan fingerprint density at radius 2 is 2.33 bits per heavy atom. The molecule has 0 atom stereocenters. The first kappa shape index (κ1) is 11.2. The van der Waals surface area contributed by atoms with Crippen LogP contribution in [0.3, 0.4) is 0 Å². The summed E-state index contributed by atoms with van der Waals surface area (Å²) < 4.78 is 0. The van der Waals surface area contributed by atoms with Crippen LogP contribution < -0.4 is 11.1 Å². The van der Waals surface area contributed by atoms with Gasteiger partial charge in [0.25, 0.3) is 0 Å². The van der Waals surface area contributed by atoms with E-state index in [1.165, 1.54) is 0 Å². The molecule has 0 aliphatic rings. The number of anilines is 1. The summed E-state index contributed by atoms with van der Waals surface area (Å²) in [6.07, 6.45) is 3.80. The zero-order chi connectivity index (χ0) is 11.1. The van der Waals surface area contributed by atoms with Gasteiger partial charge in [-0.1, -0.05) is 12.2 Å². The molecule has 15 heavy (non-hydrogen) atoms. The molecular weight excluding hydrogens is 188 g/mol. The Balaban J connectivity index is 2.65. The summed E-state index contributed by atoms with van der Waals surface area (Å²) in [7, 11) is 0. The molecule has 1 aromatic rings. The van der Waals surface area contributed by atoms with Crippen LogP contribution in [0.1, 0.15) is 11.3 Å². The first-order valence-electron chi connectivity index (χ1n) is 4.74. The van der Waals surface area contributed by atoms with Crippen LogP contribution in [0.25, 0.3) is 0 Å². The number of nitrogens with two attached hydrogens (primary N) is 1. The van der Waals surface area contributed by atoms with Crippen molar-refractivity contribution in [3.05, 3.63) is 35.5 Å². The van der Waals surface area contributed by atoms with Gasteiger partial charge in [-0.05, 0) is 19.1 Å². The second kappa shape index (κ2) is 5.78. The van der Waals surface area contributed by atoms with Crippen molar-refractivity contribution in [3.63, 3.8) is 0 Å². The summed E-state index contributed by atoms with van der Waals surface area (Å²) in [5.41, 5.74) is 6.76. The van der Waals surface area contributed by atoms with Crippen LogP contribution in [0.4, 0.5) is 5.82 Å². The largest absolute Gasteiger partial charge is 0.367 e. The van der Waals surface area contributed by atoms with Crippen molar-refractivity contribution >= 4 is 5.82 Å². The van der Waals surface area contributed by atoms with E-state index in [1.54, 1.807) is 12.1 Å². The van der Waals surface area contributed by atoms with Crippen molar-refractivity contribution in [1.82, 2.24) is 4.98 Å². The molecule has 0 aromatic carbocycles. The number of hydrogen-bond acceptors (Lipinski definition) is 4. The smallest absolute Gasteiger partial charge is 0.127 e. The van der Waals surface area contributed by atoms with Gasteiger partial charge in [-0.2, -0.15) is 5.26 Å². The summed E-state index contributed by atoms with van der Waals surface area (Å²) in [4.78, 5) is 4.25. The van der Waals surface area contributed by atoms with E-state index in [4.69, 9.17) is 11.0 Å². The van der Waals surface area contributed by atoms with Crippen LogP contribution in [0, 0.1) is 18.3 Å². The number of rotatable bonds is 4. The standard InChI is InChI=1S/C11H14N4/c1-9-6-10(8-13)7-11(15-9)14-5-3-2-4-12/h2-3,6-7H,4-5,12H2,1H3,(H,14,15)/b3-2+. The predicted molar refractivity (Wildman–Crippen MR) is 60.4 cm³/mol. The molecule has 0 fully saturated rings. The number of hydrogen-bond donors (Lipinski definition) is 2. The summed E-state index contributed by atoms with van der Waals surface area (Å²) in [6, 6.07) is 5.57. The van der Waals surface area contributed by atoms with Crippen LogP contribution in [0.15, 0.2) is 24.3 Å². The van der Waals surface area contributed by atoms with E-state index in [1.807, 2.05) is 19.1 Å². The zero-order valence-electron chi connectivity index (χ0n) is 8.70. The van der Waals surface area contributed by atoms with Crippen LogP contribution in [-0.4, -0.2) is 18.1 Å². The highest BCUT2D eigenvalue weighted by atomic mass is 15.0. The number of aryl methyl sites for hydroxylation is 1. The Hall–Kier alpha value is -1.86. The third-order valence-corrected chi connectivity index (χ3v) is 1.79. The molecule has 0 aliphatic heterocycles. The minimum absolute atomic E-state index is 0.534. The monoisotopic (exact) mass is 202 g/mol. The van der Waals surface area contributed by atoms with E-state index in [0.717, 1.165) is 5.69 Å². The quantitative estimate of drug-likeness (QED) is 0.719. The highest BCUT2D eigenvalue weighted by molar-refractivity contribution is 5.44. The highest BCUT2D eigenvalue weighted by Gasteiger charge is 1.97. The Labute approximate surface area is 89.4 Å². The van der Waals surface area contributed by atoms with Gasteiger partial charge in [-0.15, -0.1) is 0 Å². The van der Waals surface area contributed by atoms with Gasteiger partial charge in [0.05, 0.1) is 11.6 Å².